The minimum absolute atomic E-state index is 0. The molecule has 0 radical (unpaired) electrons. The molecule has 0 amide bonds. The standard InChI is InChI=1S/C2H5NO2.H3N/c1-2-5-3-4;/h2H2,1H3;1H3. The lowest BCUT2D eigenvalue weighted by Crippen LogP contribution is -1.71. The SMILES string of the molecule is CCON=O.N. The third-order valence-corrected chi connectivity index (χ3v) is 0.182. The van der Waals surface area contributed by atoms with Crippen molar-refractivity contribution in [3.8, 4) is 0 Å². The molecule has 0 aliphatic carbocycles. The molecule has 6 heavy (non-hydrogen) atoms. The highest BCUT2D eigenvalue weighted by molar-refractivity contribution is 4.01. The minimum Gasteiger partial charge on any atom is -0.364 e. The second-order valence-corrected chi connectivity index (χ2v) is 0.492. The summed E-state index contributed by atoms with van der Waals surface area (Å²) in [4.78, 5) is 12.8. The molecular weight excluding hydrogens is 84.0 g/mol. The van der Waals surface area contributed by atoms with Gasteiger partial charge in [0, 0.05) is 0 Å². The summed E-state index contributed by atoms with van der Waals surface area (Å²) in [6.45, 7) is 2.06. The summed E-state index contributed by atoms with van der Waals surface area (Å²) >= 11 is 0. The molecule has 0 spiro atoms. The first-order valence-corrected chi connectivity index (χ1v) is 1.36. The van der Waals surface area contributed by atoms with Gasteiger partial charge in [-0.25, -0.2) is 0 Å². The molecule has 0 bridgehead atoms. The first kappa shape index (κ1) is 9.03. The van der Waals surface area contributed by atoms with E-state index in [4.69, 9.17) is 4.91 Å². The lowest BCUT2D eigenvalue weighted by molar-refractivity contribution is 0.154. The Bertz CT molecular complexity index is 30.7. The largest absolute Gasteiger partial charge is 0.364 e. The molecule has 0 fully saturated rings. The van der Waals surface area contributed by atoms with Crippen molar-refractivity contribution in [2.24, 2.45) is 5.34 Å². The molecule has 38 valence electrons. The summed E-state index contributed by atoms with van der Waals surface area (Å²) in [5.74, 6) is 0. The van der Waals surface area contributed by atoms with Gasteiger partial charge in [0.25, 0.3) is 0 Å². The lowest BCUT2D eigenvalue weighted by Gasteiger charge is -1.76. The fraction of sp³-hybridized carbons (Fsp3) is 1.00. The quantitative estimate of drug-likeness (QED) is 0.405. The van der Waals surface area contributed by atoms with Crippen molar-refractivity contribution in [2.45, 2.75) is 6.92 Å². The fourth-order valence-corrected chi connectivity index (χ4v) is 0.0527. The van der Waals surface area contributed by atoms with E-state index in [-0.39, 0.29) is 6.15 Å². The van der Waals surface area contributed by atoms with Crippen LogP contribution in [-0.2, 0) is 4.84 Å². The molecule has 0 saturated carbocycles. The van der Waals surface area contributed by atoms with Gasteiger partial charge in [-0.05, 0) is 6.92 Å². The van der Waals surface area contributed by atoms with Crippen molar-refractivity contribution in [1.29, 1.82) is 0 Å². The predicted octanol–water partition coefficient (Wildman–Crippen LogP) is 0.866. The van der Waals surface area contributed by atoms with Crippen LogP contribution in [0.15, 0.2) is 5.34 Å². The average molecular weight is 92.1 g/mol. The van der Waals surface area contributed by atoms with E-state index >= 15 is 0 Å². The smallest absolute Gasteiger partial charge is 0.155 e. The van der Waals surface area contributed by atoms with Gasteiger partial charge in [-0.15, -0.1) is 4.91 Å². The molecule has 0 rings (SSSR count). The lowest BCUT2D eigenvalue weighted by atomic mass is 10.9. The second-order valence-electron chi connectivity index (χ2n) is 0.492. The Morgan fingerprint density at radius 2 is 2.33 bits per heavy atom. The number of nitrogens with zero attached hydrogens (tertiary/aromatic N) is 1. The maximum atomic E-state index is 8.93. The van der Waals surface area contributed by atoms with Gasteiger partial charge in [0.1, 0.15) is 6.61 Å². The third kappa shape index (κ3) is 10.1. The van der Waals surface area contributed by atoms with Gasteiger partial charge in [0.05, 0.1) is 0 Å². The monoisotopic (exact) mass is 92.1 g/mol. The van der Waals surface area contributed by atoms with E-state index in [0.717, 1.165) is 0 Å². The van der Waals surface area contributed by atoms with E-state index < -0.39 is 0 Å². The van der Waals surface area contributed by atoms with Crippen LogP contribution in [0.1, 0.15) is 6.92 Å². The van der Waals surface area contributed by atoms with Crippen LogP contribution < -0.4 is 6.15 Å². The van der Waals surface area contributed by atoms with Crippen LogP contribution in [0.4, 0.5) is 0 Å². The molecule has 0 aromatic carbocycles. The third-order valence-electron chi connectivity index (χ3n) is 0.182. The molecule has 4 heteroatoms. The summed E-state index contributed by atoms with van der Waals surface area (Å²) in [6, 6.07) is 0. The van der Waals surface area contributed by atoms with E-state index in [2.05, 4.69) is 10.2 Å². The Labute approximate surface area is 36.0 Å². The van der Waals surface area contributed by atoms with E-state index in [9.17, 15) is 0 Å². The van der Waals surface area contributed by atoms with Gasteiger partial charge in [-0.3, -0.25) is 0 Å². The van der Waals surface area contributed by atoms with Crippen molar-refractivity contribution >= 4 is 0 Å². The summed E-state index contributed by atoms with van der Waals surface area (Å²) in [6.07, 6.45) is 0. The van der Waals surface area contributed by atoms with Crippen molar-refractivity contribution in [1.82, 2.24) is 6.15 Å². The van der Waals surface area contributed by atoms with Crippen LogP contribution in [0.3, 0.4) is 0 Å². The van der Waals surface area contributed by atoms with Crippen molar-refractivity contribution in [2.75, 3.05) is 6.61 Å². The maximum Gasteiger partial charge on any atom is 0.155 e. The Kier molecular flexibility index (Phi) is 13.3. The van der Waals surface area contributed by atoms with Crippen molar-refractivity contribution < 1.29 is 4.84 Å². The summed E-state index contributed by atoms with van der Waals surface area (Å²) < 4.78 is 0. The van der Waals surface area contributed by atoms with Crippen LogP contribution in [0.25, 0.3) is 0 Å². The summed E-state index contributed by atoms with van der Waals surface area (Å²) in [7, 11) is 0. The van der Waals surface area contributed by atoms with Crippen LogP contribution in [0, 0.1) is 4.91 Å². The molecule has 0 heterocycles. The van der Waals surface area contributed by atoms with Crippen molar-refractivity contribution in [3.05, 3.63) is 4.91 Å². The highest BCUT2D eigenvalue weighted by Gasteiger charge is 1.62. The summed E-state index contributed by atoms with van der Waals surface area (Å²) in [5.41, 5.74) is 0. The molecule has 3 N–H and O–H groups in total. The first-order valence-electron chi connectivity index (χ1n) is 1.36. The molecule has 0 aliphatic heterocycles. The van der Waals surface area contributed by atoms with Crippen LogP contribution in [0.5, 0.6) is 0 Å². The maximum absolute atomic E-state index is 8.93. The summed E-state index contributed by atoms with van der Waals surface area (Å²) in [5, 5.41) is 2.10. The molecule has 0 saturated heterocycles. The van der Waals surface area contributed by atoms with Gasteiger partial charge < -0.3 is 11.0 Å². The normalized spacial score (nSPS) is 5.50. The number of rotatable bonds is 2. The number of hydrogen-bond acceptors (Lipinski definition) is 4. The van der Waals surface area contributed by atoms with Gasteiger partial charge >= 0.3 is 0 Å². The Hall–Kier alpha value is -0.640. The Morgan fingerprint density at radius 3 is 2.33 bits per heavy atom. The van der Waals surface area contributed by atoms with E-state index in [1.807, 2.05) is 0 Å². The highest BCUT2D eigenvalue weighted by Crippen LogP contribution is 1.65. The average Bonchev–Trinajstić information content (AvgIpc) is 1.41. The molecular formula is C2H8N2O2. The predicted molar refractivity (Wildman–Crippen MR) is 22.4 cm³/mol. The van der Waals surface area contributed by atoms with E-state index in [1.54, 1.807) is 6.92 Å². The van der Waals surface area contributed by atoms with Gasteiger partial charge in [0.2, 0.25) is 0 Å². The van der Waals surface area contributed by atoms with E-state index in [1.165, 1.54) is 0 Å². The number of hydrogen-bond donors (Lipinski definition) is 1. The highest BCUT2D eigenvalue weighted by atomic mass is 16.7. The Morgan fingerprint density at radius 1 is 1.83 bits per heavy atom. The van der Waals surface area contributed by atoms with E-state index in [0.29, 0.717) is 6.61 Å². The van der Waals surface area contributed by atoms with Gasteiger partial charge in [0.15, 0.2) is 5.34 Å². The second kappa shape index (κ2) is 8.84. The molecule has 4 nitrogen and oxygen atoms in total. The molecule has 0 atom stereocenters. The molecule has 0 unspecified atom stereocenters. The fourth-order valence-electron chi connectivity index (χ4n) is 0.0527. The zero-order chi connectivity index (χ0) is 4.12. The topological polar surface area (TPSA) is 73.7 Å². The minimum atomic E-state index is 0. The Balaban J connectivity index is 0. The van der Waals surface area contributed by atoms with Crippen LogP contribution in [-0.4, -0.2) is 6.61 Å². The van der Waals surface area contributed by atoms with Gasteiger partial charge in [-0.2, -0.15) is 0 Å². The van der Waals surface area contributed by atoms with Crippen molar-refractivity contribution in [3.63, 3.8) is 0 Å². The van der Waals surface area contributed by atoms with Crippen LogP contribution >= 0.6 is 0 Å². The first-order chi connectivity index (χ1) is 2.41. The zero-order valence-corrected chi connectivity index (χ0v) is 3.68. The zero-order valence-electron chi connectivity index (χ0n) is 3.68. The van der Waals surface area contributed by atoms with Crippen LogP contribution in [0.2, 0.25) is 0 Å². The molecule has 0 aromatic heterocycles. The van der Waals surface area contributed by atoms with Gasteiger partial charge in [-0.1, -0.05) is 0 Å². The molecule has 0 aromatic rings. The molecule has 0 aliphatic rings.